The molecule has 1 fully saturated rings. The average molecular weight is 850 g/mol. The highest BCUT2D eigenvalue weighted by Gasteiger charge is 2.39. The molecule has 0 amide bonds. The Labute approximate surface area is 369 Å². The van der Waals surface area contributed by atoms with E-state index in [-0.39, 0.29) is 35.9 Å². The molecule has 0 spiro atoms. The molecule has 0 aromatic carbocycles. The van der Waals surface area contributed by atoms with Gasteiger partial charge in [0.1, 0.15) is 12.1 Å². The summed E-state index contributed by atoms with van der Waals surface area (Å²) >= 11 is 0. The van der Waals surface area contributed by atoms with Crippen LogP contribution in [0.4, 0.5) is 0 Å². The first kappa shape index (κ1) is 55.9. The van der Waals surface area contributed by atoms with Crippen LogP contribution in [0.2, 0.25) is 0 Å². The van der Waals surface area contributed by atoms with Gasteiger partial charge >= 0.3 is 23.9 Å². The van der Waals surface area contributed by atoms with Crippen molar-refractivity contribution in [3.63, 3.8) is 0 Å². The smallest absolute Gasteiger partial charge is 0.323 e. The molecule has 0 saturated carbocycles. The van der Waals surface area contributed by atoms with Crippen LogP contribution in [0.15, 0.2) is 0 Å². The quantitative estimate of drug-likeness (QED) is 0.0336. The second kappa shape index (κ2) is 40.9. The van der Waals surface area contributed by atoms with Gasteiger partial charge in [-0.3, -0.25) is 24.1 Å². The van der Waals surface area contributed by atoms with E-state index in [0.29, 0.717) is 52.2 Å². The maximum absolute atomic E-state index is 13.3. The molecule has 0 aliphatic carbocycles. The van der Waals surface area contributed by atoms with Crippen molar-refractivity contribution in [3.8, 4) is 0 Å². The number of carbonyl (C=O) groups is 4. The fraction of sp³-hybridized carbons (Fsp3) is 0.922. The Bertz CT molecular complexity index is 1020. The number of likely N-dealkylation sites (tertiary alicyclic amines) is 1. The molecule has 0 bridgehead atoms. The number of unbranched alkanes of at least 4 members (excludes halogenated alkanes) is 24. The summed E-state index contributed by atoms with van der Waals surface area (Å²) in [7, 11) is 0. The summed E-state index contributed by atoms with van der Waals surface area (Å²) in [5.74, 6) is -0.497. The van der Waals surface area contributed by atoms with Crippen molar-refractivity contribution in [2.45, 2.75) is 265 Å². The molecule has 2 atom stereocenters. The van der Waals surface area contributed by atoms with Gasteiger partial charge in [0.05, 0.1) is 25.7 Å². The minimum atomic E-state index is -0.417. The molecule has 1 rings (SSSR count). The molecule has 0 radical (unpaired) electrons. The molecular formula is C51H95NO8. The molecule has 0 aromatic heterocycles. The predicted octanol–water partition coefficient (Wildman–Crippen LogP) is 13.6. The van der Waals surface area contributed by atoms with Crippen molar-refractivity contribution < 1.29 is 38.1 Å². The zero-order valence-corrected chi connectivity index (χ0v) is 39.7. The first-order chi connectivity index (χ1) is 29.4. The summed E-state index contributed by atoms with van der Waals surface area (Å²) in [6, 6.07) is -0.417. The molecule has 0 N–H and O–H groups in total. The zero-order chi connectivity index (χ0) is 43.7. The Hall–Kier alpha value is -2.16. The molecule has 1 unspecified atom stereocenters. The number of rotatable bonds is 43. The van der Waals surface area contributed by atoms with Crippen LogP contribution < -0.4 is 0 Å². The molecule has 352 valence electrons. The van der Waals surface area contributed by atoms with Crippen LogP contribution in [0, 0.1) is 5.92 Å². The molecule has 9 heteroatoms. The first-order valence-corrected chi connectivity index (χ1v) is 25.8. The van der Waals surface area contributed by atoms with Crippen molar-refractivity contribution in [2.24, 2.45) is 5.92 Å². The van der Waals surface area contributed by atoms with Gasteiger partial charge in [-0.15, -0.1) is 0 Å². The standard InChI is InChI=1S/C51H95NO8/c1-5-9-12-15-18-19-20-24-30-38-48(53)57-40-34-27-31-39-52-44-46(60-49(54)35-8-4)43-47(52)51(56)59-42-33-26-21-25-32-41-58-50(55)45(36-28-22-16-13-10-6-2)37-29-23-17-14-11-7-3/h45-47H,5-44H2,1-4H3/t46?,47-/m0/s1. The zero-order valence-electron chi connectivity index (χ0n) is 39.7. The fourth-order valence-corrected chi connectivity index (χ4v) is 8.34. The monoisotopic (exact) mass is 850 g/mol. The van der Waals surface area contributed by atoms with E-state index in [1.807, 2.05) is 6.92 Å². The lowest BCUT2D eigenvalue weighted by Crippen LogP contribution is -2.38. The summed E-state index contributed by atoms with van der Waals surface area (Å²) in [6.07, 6.45) is 36.8. The van der Waals surface area contributed by atoms with E-state index in [4.69, 9.17) is 18.9 Å². The van der Waals surface area contributed by atoms with E-state index < -0.39 is 6.04 Å². The molecular weight excluding hydrogens is 755 g/mol. The van der Waals surface area contributed by atoms with Gasteiger partial charge in [0, 0.05) is 25.8 Å². The van der Waals surface area contributed by atoms with Gasteiger partial charge in [-0.25, -0.2) is 0 Å². The number of hydrogen-bond acceptors (Lipinski definition) is 9. The van der Waals surface area contributed by atoms with Gasteiger partial charge in [0.25, 0.3) is 0 Å². The molecule has 1 aliphatic rings. The van der Waals surface area contributed by atoms with Crippen LogP contribution >= 0.6 is 0 Å². The Morgan fingerprint density at radius 2 is 0.917 bits per heavy atom. The van der Waals surface area contributed by atoms with E-state index in [9.17, 15) is 19.2 Å². The molecule has 9 nitrogen and oxygen atoms in total. The molecule has 1 heterocycles. The van der Waals surface area contributed by atoms with Gasteiger partial charge in [-0.1, -0.05) is 175 Å². The number of carbonyl (C=O) groups excluding carboxylic acids is 4. The van der Waals surface area contributed by atoms with Gasteiger partial charge in [-0.05, 0) is 64.3 Å². The normalized spacial score (nSPS) is 15.4. The Morgan fingerprint density at radius 1 is 0.467 bits per heavy atom. The highest BCUT2D eigenvalue weighted by Crippen LogP contribution is 2.24. The Kier molecular flexibility index (Phi) is 38.1. The number of nitrogens with zero attached hydrogens (tertiary/aromatic N) is 1. The second-order valence-electron chi connectivity index (χ2n) is 17.9. The van der Waals surface area contributed by atoms with Gasteiger partial charge < -0.3 is 18.9 Å². The summed E-state index contributed by atoms with van der Waals surface area (Å²) in [5, 5.41) is 0. The van der Waals surface area contributed by atoms with Gasteiger partial charge in [-0.2, -0.15) is 0 Å². The van der Waals surface area contributed by atoms with Gasteiger partial charge in [0.2, 0.25) is 0 Å². The van der Waals surface area contributed by atoms with E-state index in [0.717, 1.165) is 96.3 Å². The van der Waals surface area contributed by atoms with E-state index in [2.05, 4.69) is 25.7 Å². The highest BCUT2D eigenvalue weighted by molar-refractivity contribution is 5.76. The number of ether oxygens (including phenoxy) is 4. The highest BCUT2D eigenvalue weighted by atomic mass is 16.6. The maximum Gasteiger partial charge on any atom is 0.323 e. The molecule has 0 aromatic rings. The lowest BCUT2D eigenvalue weighted by molar-refractivity contribution is -0.151. The van der Waals surface area contributed by atoms with Crippen molar-refractivity contribution in [1.29, 1.82) is 0 Å². The Morgan fingerprint density at radius 3 is 1.45 bits per heavy atom. The van der Waals surface area contributed by atoms with Crippen molar-refractivity contribution in [1.82, 2.24) is 4.90 Å². The van der Waals surface area contributed by atoms with E-state index >= 15 is 0 Å². The predicted molar refractivity (Wildman–Crippen MR) is 246 cm³/mol. The summed E-state index contributed by atoms with van der Waals surface area (Å²) < 4.78 is 22.7. The largest absolute Gasteiger partial charge is 0.466 e. The lowest BCUT2D eigenvalue weighted by Gasteiger charge is -2.22. The van der Waals surface area contributed by atoms with Crippen LogP contribution in [0.1, 0.15) is 252 Å². The fourth-order valence-electron chi connectivity index (χ4n) is 8.34. The van der Waals surface area contributed by atoms with Crippen LogP contribution in [0.5, 0.6) is 0 Å². The minimum absolute atomic E-state index is 0.00710. The first-order valence-electron chi connectivity index (χ1n) is 25.8. The molecule has 60 heavy (non-hydrogen) atoms. The number of hydrogen-bond donors (Lipinski definition) is 0. The van der Waals surface area contributed by atoms with Crippen LogP contribution in [-0.2, 0) is 38.1 Å². The third kappa shape index (κ3) is 31.7. The molecule has 1 aliphatic heterocycles. The summed E-state index contributed by atoms with van der Waals surface area (Å²) in [5.41, 5.74) is 0. The second-order valence-corrected chi connectivity index (χ2v) is 17.9. The summed E-state index contributed by atoms with van der Waals surface area (Å²) in [4.78, 5) is 52.8. The van der Waals surface area contributed by atoms with Crippen molar-refractivity contribution in [3.05, 3.63) is 0 Å². The maximum atomic E-state index is 13.3. The van der Waals surface area contributed by atoms with Crippen LogP contribution in [0.25, 0.3) is 0 Å². The minimum Gasteiger partial charge on any atom is -0.466 e. The number of esters is 4. The molecule has 1 saturated heterocycles. The van der Waals surface area contributed by atoms with E-state index in [1.165, 1.54) is 109 Å². The van der Waals surface area contributed by atoms with E-state index in [1.54, 1.807) is 0 Å². The lowest BCUT2D eigenvalue weighted by atomic mass is 9.94. The van der Waals surface area contributed by atoms with Crippen molar-refractivity contribution in [2.75, 3.05) is 32.9 Å². The third-order valence-corrected chi connectivity index (χ3v) is 12.1. The third-order valence-electron chi connectivity index (χ3n) is 12.1. The average Bonchev–Trinajstić information content (AvgIpc) is 3.64. The topological polar surface area (TPSA) is 108 Å². The van der Waals surface area contributed by atoms with Crippen LogP contribution in [0.3, 0.4) is 0 Å². The SMILES string of the molecule is CCCCCCCCCCCC(=O)OCCCCCN1CC(OC(=O)CCC)C[C@H]1C(=O)OCCCCCCCOC(=O)C(CCCCCCCC)CCCCCCCC. The van der Waals surface area contributed by atoms with Crippen LogP contribution in [-0.4, -0.2) is 73.8 Å². The van der Waals surface area contributed by atoms with Crippen molar-refractivity contribution >= 4 is 23.9 Å². The Balaban J connectivity index is 2.32. The summed E-state index contributed by atoms with van der Waals surface area (Å²) in [6.45, 7) is 11.2. The van der Waals surface area contributed by atoms with Gasteiger partial charge in [0.15, 0.2) is 0 Å².